The van der Waals surface area contributed by atoms with E-state index in [1.54, 1.807) is 0 Å². The zero-order chi connectivity index (χ0) is 21.2. The highest BCUT2D eigenvalue weighted by Gasteiger charge is 2.12. The zero-order valence-corrected chi connectivity index (χ0v) is 21.9. The van der Waals surface area contributed by atoms with Crippen LogP contribution in [-0.4, -0.2) is 57.3 Å². The van der Waals surface area contributed by atoms with Gasteiger partial charge in [0, 0.05) is 38.0 Å². The molecule has 2 N–H and O–H groups in total. The molecule has 0 bridgehead atoms. The van der Waals surface area contributed by atoms with Crippen molar-refractivity contribution < 1.29 is 8.42 Å². The largest absolute Gasteiger partial charge is 0.357 e. The van der Waals surface area contributed by atoms with Gasteiger partial charge in [0.05, 0.1) is 12.3 Å². The average Bonchev–Trinajstić information content (AvgIpc) is 2.58. The van der Waals surface area contributed by atoms with Crippen LogP contribution in [0.4, 0.5) is 0 Å². The maximum atomic E-state index is 11.4. The van der Waals surface area contributed by atoms with Crippen molar-refractivity contribution in [2.75, 3.05) is 25.9 Å². The monoisotopic (exact) mass is 538 g/mol. The third-order valence-electron chi connectivity index (χ3n) is 4.43. The van der Waals surface area contributed by atoms with E-state index in [9.17, 15) is 8.42 Å². The van der Waals surface area contributed by atoms with E-state index < -0.39 is 9.84 Å². The van der Waals surface area contributed by atoms with Gasteiger partial charge in [-0.3, -0.25) is 4.90 Å². The van der Waals surface area contributed by atoms with Gasteiger partial charge in [-0.15, -0.1) is 24.0 Å². The highest BCUT2D eigenvalue weighted by atomic mass is 127. The van der Waals surface area contributed by atoms with E-state index in [1.165, 1.54) is 6.26 Å². The van der Waals surface area contributed by atoms with Gasteiger partial charge in [-0.2, -0.15) is 0 Å². The number of nitrogens with one attached hydrogen (secondary N) is 2. The summed E-state index contributed by atoms with van der Waals surface area (Å²) in [6.07, 6.45) is 2.31. The fourth-order valence-electron chi connectivity index (χ4n) is 3.14. The highest BCUT2D eigenvalue weighted by molar-refractivity contribution is 14.0. The first-order chi connectivity index (χ1) is 13.1. The summed E-state index contributed by atoms with van der Waals surface area (Å²) in [6, 6.07) is 8.70. The summed E-state index contributed by atoms with van der Waals surface area (Å²) in [4.78, 5) is 7.13. The van der Waals surface area contributed by atoms with Gasteiger partial charge in [0.1, 0.15) is 0 Å². The van der Waals surface area contributed by atoms with Crippen LogP contribution in [0.15, 0.2) is 29.3 Å². The Labute approximate surface area is 194 Å². The summed E-state index contributed by atoms with van der Waals surface area (Å²) in [5.74, 6) is 0.883. The lowest BCUT2D eigenvalue weighted by molar-refractivity contribution is 0.173. The second-order valence-corrected chi connectivity index (χ2v) is 9.93. The highest BCUT2D eigenvalue weighted by Crippen LogP contribution is 2.09. The van der Waals surface area contributed by atoms with E-state index >= 15 is 0 Å². The van der Waals surface area contributed by atoms with Crippen LogP contribution in [0.25, 0.3) is 0 Å². The number of nitrogens with zero attached hydrogens (tertiary/aromatic N) is 2. The fraction of sp³-hybridized carbons (Fsp3) is 0.667. The van der Waals surface area contributed by atoms with Crippen LogP contribution in [0.1, 0.15) is 52.2 Å². The third-order valence-corrected chi connectivity index (χ3v) is 5.29. The van der Waals surface area contributed by atoms with Gasteiger partial charge in [0.25, 0.3) is 0 Å². The van der Waals surface area contributed by atoms with Crippen molar-refractivity contribution >= 4 is 39.8 Å². The molecule has 0 aromatic heterocycles. The Kier molecular flexibility index (Phi) is 13.8. The summed E-state index contributed by atoms with van der Waals surface area (Å²) in [5.41, 5.74) is 1.86. The number of guanidine groups is 1. The summed E-state index contributed by atoms with van der Waals surface area (Å²) in [5, 5.41) is 6.67. The zero-order valence-electron chi connectivity index (χ0n) is 18.7. The minimum atomic E-state index is -3.00. The molecule has 0 radical (unpaired) electrons. The molecule has 0 amide bonds. The van der Waals surface area contributed by atoms with E-state index in [4.69, 9.17) is 0 Å². The van der Waals surface area contributed by atoms with E-state index in [-0.39, 0.29) is 29.7 Å². The van der Waals surface area contributed by atoms with Gasteiger partial charge in [-0.05, 0) is 52.2 Å². The van der Waals surface area contributed by atoms with Crippen LogP contribution in [0.5, 0.6) is 0 Å². The molecular weight excluding hydrogens is 499 g/mol. The lowest BCUT2D eigenvalue weighted by Crippen LogP contribution is -2.41. The molecule has 29 heavy (non-hydrogen) atoms. The van der Waals surface area contributed by atoms with Gasteiger partial charge >= 0.3 is 0 Å². The predicted molar refractivity (Wildman–Crippen MR) is 135 cm³/mol. The van der Waals surface area contributed by atoms with E-state index in [1.807, 2.05) is 24.3 Å². The molecule has 0 aliphatic heterocycles. The Morgan fingerprint density at radius 3 is 2.07 bits per heavy atom. The average molecular weight is 539 g/mol. The molecule has 0 saturated heterocycles. The Hall–Kier alpha value is -0.870. The summed E-state index contributed by atoms with van der Waals surface area (Å²) < 4.78 is 22.7. The van der Waals surface area contributed by atoms with Crippen molar-refractivity contribution in [3.8, 4) is 0 Å². The molecule has 0 spiro atoms. The molecule has 0 fully saturated rings. The van der Waals surface area contributed by atoms with Crippen LogP contribution < -0.4 is 10.6 Å². The third kappa shape index (κ3) is 12.4. The molecule has 0 aliphatic carbocycles. The molecule has 0 atom stereocenters. The quantitative estimate of drug-likeness (QED) is 0.196. The number of aliphatic imine (C=N–C) groups is 1. The summed E-state index contributed by atoms with van der Waals surface area (Å²) >= 11 is 0. The molecule has 168 valence electrons. The van der Waals surface area contributed by atoms with Crippen LogP contribution >= 0.6 is 24.0 Å². The SMILES string of the molecule is CCNC(=NCc1ccc(CS(C)(=O)=O)cc1)NCCCN(C(C)C)C(C)C.I. The predicted octanol–water partition coefficient (Wildman–Crippen LogP) is 3.41. The first-order valence-corrected chi connectivity index (χ1v) is 12.2. The number of sulfone groups is 1. The van der Waals surface area contributed by atoms with Crippen molar-refractivity contribution in [2.45, 2.75) is 65.4 Å². The van der Waals surface area contributed by atoms with Gasteiger partial charge in [-0.25, -0.2) is 13.4 Å². The molecule has 1 aromatic rings. The maximum absolute atomic E-state index is 11.4. The van der Waals surface area contributed by atoms with E-state index in [0.717, 1.165) is 43.1 Å². The molecule has 1 aromatic carbocycles. The van der Waals surface area contributed by atoms with Crippen LogP contribution in [0.3, 0.4) is 0 Å². The van der Waals surface area contributed by atoms with Crippen LogP contribution in [-0.2, 0) is 22.1 Å². The molecule has 1 rings (SSSR count). The van der Waals surface area contributed by atoms with Crippen LogP contribution in [0, 0.1) is 0 Å². The van der Waals surface area contributed by atoms with Crippen molar-refractivity contribution in [1.82, 2.24) is 15.5 Å². The fourth-order valence-corrected chi connectivity index (χ4v) is 3.93. The van der Waals surface area contributed by atoms with Crippen molar-refractivity contribution in [2.24, 2.45) is 4.99 Å². The molecule has 6 nitrogen and oxygen atoms in total. The Balaban J connectivity index is 0.00000784. The lowest BCUT2D eigenvalue weighted by atomic mass is 10.1. The minimum absolute atomic E-state index is 0. The smallest absolute Gasteiger partial charge is 0.191 e. The topological polar surface area (TPSA) is 73.8 Å². The second kappa shape index (κ2) is 14.2. The number of hydrogen-bond acceptors (Lipinski definition) is 4. The second-order valence-electron chi connectivity index (χ2n) is 7.79. The molecule has 0 aliphatic rings. The molecule has 0 saturated carbocycles. The maximum Gasteiger partial charge on any atom is 0.191 e. The van der Waals surface area contributed by atoms with Gasteiger partial charge < -0.3 is 10.6 Å². The molecule has 0 unspecified atom stereocenters. The number of benzene rings is 1. The Bertz CT molecular complexity index is 696. The number of hydrogen-bond donors (Lipinski definition) is 2. The normalized spacial score (nSPS) is 12.4. The van der Waals surface area contributed by atoms with Crippen molar-refractivity contribution in [3.63, 3.8) is 0 Å². The molecular formula is C21H39IN4O2S. The van der Waals surface area contributed by atoms with Gasteiger partial charge in [0.2, 0.25) is 0 Å². The number of rotatable bonds is 11. The summed E-state index contributed by atoms with van der Waals surface area (Å²) in [6.45, 7) is 14.3. The minimum Gasteiger partial charge on any atom is -0.357 e. The Morgan fingerprint density at radius 2 is 1.59 bits per heavy atom. The molecule has 0 heterocycles. The van der Waals surface area contributed by atoms with E-state index in [2.05, 4.69) is 55.1 Å². The standard InChI is InChI=1S/C21H38N4O2S.HI/c1-7-22-21(23-13-8-14-25(17(2)3)18(4)5)24-15-19-9-11-20(12-10-19)16-28(6,26)27;/h9-12,17-18H,7-8,13-16H2,1-6H3,(H2,22,23,24);1H. The Morgan fingerprint density at radius 1 is 1.03 bits per heavy atom. The molecule has 8 heteroatoms. The first kappa shape index (κ1) is 28.1. The lowest BCUT2D eigenvalue weighted by Gasteiger charge is -2.30. The first-order valence-electron chi connectivity index (χ1n) is 10.2. The van der Waals surface area contributed by atoms with Gasteiger partial charge in [-0.1, -0.05) is 24.3 Å². The summed E-state index contributed by atoms with van der Waals surface area (Å²) in [7, 11) is -3.00. The van der Waals surface area contributed by atoms with Crippen molar-refractivity contribution in [1.29, 1.82) is 0 Å². The van der Waals surface area contributed by atoms with Crippen molar-refractivity contribution in [3.05, 3.63) is 35.4 Å². The van der Waals surface area contributed by atoms with Gasteiger partial charge in [0.15, 0.2) is 15.8 Å². The number of halogens is 1. The van der Waals surface area contributed by atoms with E-state index in [0.29, 0.717) is 18.6 Å². The van der Waals surface area contributed by atoms with Crippen LogP contribution in [0.2, 0.25) is 0 Å².